The van der Waals surface area contributed by atoms with E-state index in [1.807, 2.05) is 24.3 Å². The molecule has 0 aliphatic heterocycles. The van der Waals surface area contributed by atoms with Crippen molar-refractivity contribution in [3.05, 3.63) is 179 Å². The Hall–Kier alpha value is -6.26. The molecule has 0 aromatic heterocycles. The van der Waals surface area contributed by atoms with Gasteiger partial charge >= 0.3 is 0 Å². The van der Waals surface area contributed by atoms with Gasteiger partial charge in [0.05, 0.1) is 0 Å². The Kier molecular flexibility index (Phi) is 8.14. The van der Waals surface area contributed by atoms with Crippen LogP contribution >= 0.6 is 0 Å². The predicted molar refractivity (Wildman–Crippen MR) is 195 cm³/mol. The van der Waals surface area contributed by atoms with Gasteiger partial charge in [0, 0.05) is 0 Å². The fourth-order valence-corrected chi connectivity index (χ4v) is 5.87. The Bertz CT molecular complexity index is 2050. The predicted octanol–water partition coefficient (Wildman–Crippen LogP) is 12.8. The first kappa shape index (κ1) is 29.5. The van der Waals surface area contributed by atoms with Crippen molar-refractivity contribution in [1.82, 2.24) is 0 Å². The molecular formula is C43H30N2O2. The molecule has 0 aliphatic carbocycles. The van der Waals surface area contributed by atoms with E-state index >= 15 is 0 Å². The molecule has 0 atom stereocenters. The second-order valence-corrected chi connectivity index (χ2v) is 11.7. The lowest BCUT2D eigenvalue weighted by Gasteiger charge is -2.13. The standard InChI is InChI=1S/C43H30N2O2/c1-29-2-4-30(5-3-29)31-6-12-36(13-7-31)39-26-40(37-14-8-32(9-15-37)34-18-22-42(44-46)23-19-34)28-41(27-39)38-16-10-33(11-17-38)35-20-24-43(45-47)25-21-35/h2-28H,1H3. The van der Waals surface area contributed by atoms with Gasteiger partial charge in [-0.2, -0.15) is 0 Å². The Morgan fingerprint density at radius 3 is 0.702 bits per heavy atom. The molecular weight excluding hydrogens is 576 g/mol. The van der Waals surface area contributed by atoms with Crippen molar-refractivity contribution >= 4 is 11.4 Å². The zero-order valence-corrected chi connectivity index (χ0v) is 25.8. The number of hydrogen-bond acceptors (Lipinski definition) is 4. The molecule has 0 bridgehead atoms. The molecule has 4 heteroatoms. The molecule has 0 spiro atoms. The van der Waals surface area contributed by atoms with Crippen LogP contribution in [0.25, 0.3) is 66.8 Å². The van der Waals surface area contributed by atoms with Crippen LogP contribution in [-0.2, 0) is 0 Å². The molecule has 0 heterocycles. The fourth-order valence-electron chi connectivity index (χ4n) is 5.87. The maximum Gasteiger partial charge on any atom is 0.108 e. The van der Waals surface area contributed by atoms with E-state index in [-0.39, 0.29) is 0 Å². The summed E-state index contributed by atoms with van der Waals surface area (Å²) in [4.78, 5) is 21.7. The largest absolute Gasteiger partial charge is 0.145 e. The van der Waals surface area contributed by atoms with Gasteiger partial charge in [-0.3, -0.25) is 0 Å². The Morgan fingerprint density at radius 1 is 0.277 bits per heavy atom. The summed E-state index contributed by atoms with van der Waals surface area (Å²) < 4.78 is 0. The van der Waals surface area contributed by atoms with Crippen LogP contribution in [-0.4, -0.2) is 0 Å². The van der Waals surface area contributed by atoms with Crippen molar-refractivity contribution < 1.29 is 0 Å². The maximum atomic E-state index is 10.8. The highest BCUT2D eigenvalue weighted by molar-refractivity contribution is 5.83. The first-order chi connectivity index (χ1) is 23.1. The Morgan fingerprint density at radius 2 is 0.468 bits per heavy atom. The number of nitroso groups, excluding NO2 is 2. The third kappa shape index (κ3) is 6.44. The van der Waals surface area contributed by atoms with Crippen molar-refractivity contribution in [1.29, 1.82) is 0 Å². The number of aryl methyl sites for hydroxylation is 1. The summed E-state index contributed by atoms with van der Waals surface area (Å²) in [6, 6.07) is 55.8. The number of hydrogen-bond donors (Lipinski definition) is 0. The summed E-state index contributed by atoms with van der Waals surface area (Å²) in [7, 11) is 0. The van der Waals surface area contributed by atoms with Crippen molar-refractivity contribution in [2.75, 3.05) is 0 Å². The van der Waals surface area contributed by atoms with Crippen LogP contribution in [0.1, 0.15) is 5.56 Å². The quantitative estimate of drug-likeness (QED) is 0.162. The minimum atomic E-state index is 0.419. The molecule has 4 nitrogen and oxygen atoms in total. The monoisotopic (exact) mass is 606 g/mol. The average Bonchev–Trinajstić information content (AvgIpc) is 3.15. The van der Waals surface area contributed by atoms with Gasteiger partial charge in [0.1, 0.15) is 11.4 Å². The normalized spacial score (nSPS) is 10.8. The summed E-state index contributed by atoms with van der Waals surface area (Å²) in [6.07, 6.45) is 0. The first-order valence-electron chi connectivity index (χ1n) is 15.5. The summed E-state index contributed by atoms with van der Waals surface area (Å²) >= 11 is 0. The van der Waals surface area contributed by atoms with Crippen molar-refractivity contribution in [2.45, 2.75) is 6.92 Å². The lowest BCUT2D eigenvalue weighted by Crippen LogP contribution is -1.88. The molecule has 0 N–H and O–H groups in total. The lowest BCUT2D eigenvalue weighted by molar-refractivity contribution is 1.47. The van der Waals surface area contributed by atoms with Crippen LogP contribution in [0.3, 0.4) is 0 Å². The van der Waals surface area contributed by atoms with Crippen LogP contribution in [0.4, 0.5) is 11.4 Å². The molecule has 0 saturated carbocycles. The molecule has 224 valence electrons. The summed E-state index contributed by atoms with van der Waals surface area (Å²) in [5.41, 5.74) is 15.4. The smallest absolute Gasteiger partial charge is 0.108 e. The minimum absolute atomic E-state index is 0.419. The van der Waals surface area contributed by atoms with Crippen LogP contribution in [0.2, 0.25) is 0 Å². The molecule has 7 rings (SSSR count). The average molecular weight is 607 g/mol. The van der Waals surface area contributed by atoms with Gasteiger partial charge in [0.2, 0.25) is 0 Å². The van der Waals surface area contributed by atoms with E-state index in [1.54, 1.807) is 24.3 Å². The summed E-state index contributed by atoms with van der Waals surface area (Å²) in [5, 5.41) is 6.02. The Labute approximate surface area is 274 Å². The number of nitrogens with zero attached hydrogens (tertiary/aromatic N) is 2. The molecule has 0 saturated heterocycles. The third-order valence-electron chi connectivity index (χ3n) is 8.58. The zero-order chi connectivity index (χ0) is 32.2. The van der Waals surface area contributed by atoms with Gasteiger partial charge in [0.25, 0.3) is 0 Å². The molecule has 0 radical (unpaired) electrons. The van der Waals surface area contributed by atoms with E-state index < -0.39 is 0 Å². The van der Waals surface area contributed by atoms with Gasteiger partial charge in [-0.25, -0.2) is 0 Å². The molecule has 0 aliphatic rings. The molecule has 0 fully saturated rings. The SMILES string of the molecule is Cc1ccc(-c2ccc(-c3cc(-c4ccc(-c5ccc(N=O)cc5)cc4)cc(-c4ccc(-c5ccc(N=O)cc5)cc4)c3)cc2)cc1. The minimum Gasteiger partial charge on any atom is -0.145 e. The van der Waals surface area contributed by atoms with Crippen LogP contribution < -0.4 is 0 Å². The van der Waals surface area contributed by atoms with Crippen LogP contribution in [0.5, 0.6) is 0 Å². The van der Waals surface area contributed by atoms with E-state index in [1.165, 1.54) is 16.7 Å². The van der Waals surface area contributed by atoms with Crippen molar-refractivity contribution in [2.24, 2.45) is 10.4 Å². The lowest BCUT2D eigenvalue weighted by atomic mass is 9.91. The zero-order valence-electron chi connectivity index (χ0n) is 25.8. The van der Waals surface area contributed by atoms with Gasteiger partial charge in [-0.15, -0.1) is 9.81 Å². The van der Waals surface area contributed by atoms with Crippen LogP contribution in [0.15, 0.2) is 174 Å². The highest BCUT2D eigenvalue weighted by atomic mass is 16.3. The van der Waals surface area contributed by atoms with Crippen molar-refractivity contribution in [3.8, 4) is 66.8 Å². The second kappa shape index (κ2) is 13.0. The van der Waals surface area contributed by atoms with Gasteiger partial charge in [-0.05, 0) is 127 Å². The third-order valence-corrected chi connectivity index (χ3v) is 8.58. The van der Waals surface area contributed by atoms with E-state index in [2.05, 4.69) is 133 Å². The van der Waals surface area contributed by atoms with Gasteiger partial charge in [0.15, 0.2) is 0 Å². The molecule has 7 aromatic carbocycles. The van der Waals surface area contributed by atoms with Gasteiger partial charge in [-0.1, -0.05) is 127 Å². The highest BCUT2D eigenvalue weighted by Crippen LogP contribution is 2.36. The van der Waals surface area contributed by atoms with E-state index in [9.17, 15) is 9.81 Å². The fraction of sp³-hybridized carbons (Fsp3) is 0.0233. The van der Waals surface area contributed by atoms with E-state index in [4.69, 9.17) is 0 Å². The molecule has 0 unspecified atom stereocenters. The van der Waals surface area contributed by atoms with E-state index in [0.717, 1.165) is 55.6 Å². The highest BCUT2D eigenvalue weighted by Gasteiger charge is 2.10. The maximum absolute atomic E-state index is 10.8. The van der Waals surface area contributed by atoms with Gasteiger partial charge < -0.3 is 0 Å². The topological polar surface area (TPSA) is 58.9 Å². The first-order valence-corrected chi connectivity index (χ1v) is 15.5. The number of benzene rings is 7. The van der Waals surface area contributed by atoms with Crippen LogP contribution in [0, 0.1) is 16.7 Å². The molecule has 7 aromatic rings. The second-order valence-electron chi connectivity index (χ2n) is 11.7. The molecule has 0 amide bonds. The van der Waals surface area contributed by atoms with Crippen molar-refractivity contribution in [3.63, 3.8) is 0 Å². The molecule has 47 heavy (non-hydrogen) atoms. The summed E-state index contributed by atoms with van der Waals surface area (Å²) in [5.74, 6) is 0. The number of rotatable bonds is 8. The Balaban J connectivity index is 1.26. The summed E-state index contributed by atoms with van der Waals surface area (Å²) in [6.45, 7) is 2.10. The van der Waals surface area contributed by atoms with E-state index in [0.29, 0.717) is 11.4 Å².